The Morgan fingerprint density at radius 3 is 2.93 bits per heavy atom. The molecule has 0 amide bonds. The maximum absolute atomic E-state index is 11.2. The van der Waals surface area contributed by atoms with Crippen LogP contribution >= 0.6 is 23.7 Å². The Hall–Kier alpha value is -0.810. The van der Waals surface area contributed by atoms with Crippen molar-refractivity contribution < 1.29 is 9.53 Å². The van der Waals surface area contributed by atoms with E-state index in [-0.39, 0.29) is 24.8 Å². The third-order valence-corrected chi connectivity index (χ3v) is 2.38. The summed E-state index contributed by atoms with van der Waals surface area (Å²) in [5.74, 6) is -0.233. The first kappa shape index (κ1) is 14.2. The molecular weight excluding hydrogens is 236 g/mol. The maximum atomic E-state index is 11.2. The third kappa shape index (κ3) is 5.59. The van der Waals surface area contributed by atoms with Gasteiger partial charge in [0.15, 0.2) is 5.13 Å². The van der Waals surface area contributed by atoms with Gasteiger partial charge in [-0.3, -0.25) is 4.79 Å². The van der Waals surface area contributed by atoms with Crippen LogP contribution in [0.3, 0.4) is 0 Å². The van der Waals surface area contributed by atoms with Crippen LogP contribution in [0.15, 0.2) is 5.38 Å². The van der Waals surface area contributed by atoms with Crippen LogP contribution in [0.1, 0.15) is 25.5 Å². The van der Waals surface area contributed by atoms with Crippen molar-refractivity contribution in [2.45, 2.75) is 26.2 Å². The van der Waals surface area contributed by atoms with Crippen molar-refractivity contribution >= 4 is 34.8 Å². The molecule has 0 saturated carbocycles. The van der Waals surface area contributed by atoms with Gasteiger partial charge in [0.05, 0.1) is 18.7 Å². The highest BCUT2D eigenvalue weighted by Crippen LogP contribution is 2.11. The SMILES string of the molecule is CCCCOC(=O)Cc1csc(N)n1.Cl. The molecule has 1 heterocycles. The molecule has 0 aromatic carbocycles. The molecule has 0 bridgehead atoms. The second kappa shape index (κ2) is 7.48. The molecule has 0 unspecified atom stereocenters. The molecule has 0 saturated heterocycles. The minimum Gasteiger partial charge on any atom is -0.465 e. The van der Waals surface area contributed by atoms with Crippen LogP contribution in [0.5, 0.6) is 0 Å². The van der Waals surface area contributed by atoms with Crippen LogP contribution < -0.4 is 5.73 Å². The lowest BCUT2D eigenvalue weighted by Crippen LogP contribution is -2.09. The molecule has 0 radical (unpaired) electrons. The van der Waals surface area contributed by atoms with E-state index in [1.54, 1.807) is 5.38 Å². The first-order valence-electron chi connectivity index (χ1n) is 4.58. The van der Waals surface area contributed by atoms with Crippen molar-refractivity contribution in [2.75, 3.05) is 12.3 Å². The number of esters is 1. The van der Waals surface area contributed by atoms with Crippen LogP contribution in [-0.2, 0) is 16.0 Å². The second-order valence-corrected chi connectivity index (χ2v) is 3.82. The Morgan fingerprint density at radius 1 is 1.67 bits per heavy atom. The number of aromatic nitrogens is 1. The number of nitrogens with two attached hydrogens (primary N) is 1. The summed E-state index contributed by atoms with van der Waals surface area (Å²) in [6.45, 7) is 2.55. The van der Waals surface area contributed by atoms with Gasteiger partial charge >= 0.3 is 5.97 Å². The van der Waals surface area contributed by atoms with Gasteiger partial charge in [-0.1, -0.05) is 13.3 Å². The lowest BCUT2D eigenvalue weighted by molar-refractivity contribution is -0.142. The molecule has 0 atom stereocenters. The van der Waals surface area contributed by atoms with E-state index >= 15 is 0 Å². The van der Waals surface area contributed by atoms with Gasteiger partial charge in [0.1, 0.15) is 0 Å². The van der Waals surface area contributed by atoms with E-state index in [1.807, 2.05) is 0 Å². The average Bonchev–Trinajstić information content (AvgIpc) is 2.52. The summed E-state index contributed by atoms with van der Waals surface area (Å²) in [7, 11) is 0. The molecule has 15 heavy (non-hydrogen) atoms. The van der Waals surface area contributed by atoms with Crippen LogP contribution in [-0.4, -0.2) is 17.6 Å². The monoisotopic (exact) mass is 250 g/mol. The number of unbranched alkanes of at least 4 members (excludes halogenated alkanes) is 1. The number of ether oxygens (including phenoxy) is 1. The van der Waals surface area contributed by atoms with E-state index in [0.717, 1.165) is 12.8 Å². The summed E-state index contributed by atoms with van der Waals surface area (Å²) in [6, 6.07) is 0. The zero-order valence-corrected chi connectivity index (χ0v) is 10.2. The Balaban J connectivity index is 0.00000196. The molecule has 2 N–H and O–H groups in total. The van der Waals surface area contributed by atoms with Crippen molar-refractivity contribution in [1.82, 2.24) is 4.98 Å². The summed E-state index contributed by atoms with van der Waals surface area (Å²) in [4.78, 5) is 15.2. The summed E-state index contributed by atoms with van der Waals surface area (Å²) in [5, 5.41) is 2.26. The van der Waals surface area contributed by atoms with Gasteiger partial charge in [0.2, 0.25) is 0 Å². The largest absolute Gasteiger partial charge is 0.465 e. The van der Waals surface area contributed by atoms with Gasteiger partial charge in [-0.2, -0.15) is 0 Å². The predicted octanol–water partition coefficient (Wildman–Crippen LogP) is 2.03. The van der Waals surface area contributed by atoms with Gasteiger partial charge in [0, 0.05) is 5.38 Å². The fourth-order valence-corrected chi connectivity index (χ4v) is 1.50. The molecule has 1 aromatic rings. The molecule has 0 aliphatic rings. The van der Waals surface area contributed by atoms with Gasteiger partial charge in [-0.15, -0.1) is 23.7 Å². The standard InChI is InChI=1S/C9H14N2O2S.ClH/c1-2-3-4-13-8(12)5-7-6-14-9(10)11-7;/h6H,2-5H2,1H3,(H2,10,11);1H. The first-order chi connectivity index (χ1) is 6.72. The second-order valence-electron chi connectivity index (χ2n) is 2.93. The number of nitrogens with zero attached hydrogens (tertiary/aromatic N) is 1. The lowest BCUT2D eigenvalue weighted by Gasteiger charge is -2.01. The zero-order chi connectivity index (χ0) is 10.4. The number of nitrogen functional groups attached to an aromatic ring is 1. The first-order valence-corrected chi connectivity index (χ1v) is 5.46. The van der Waals surface area contributed by atoms with Crippen LogP contribution in [0.25, 0.3) is 0 Å². The van der Waals surface area contributed by atoms with Gasteiger partial charge in [-0.25, -0.2) is 4.98 Å². The van der Waals surface area contributed by atoms with Crippen molar-refractivity contribution in [3.8, 4) is 0 Å². The van der Waals surface area contributed by atoms with E-state index in [0.29, 0.717) is 17.4 Å². The molecule has 86 valence electrons. The molecule has 1 rings (SSSR count). The molecule has 0 fully saturated rings. The number of carbonyl (C=O) groups is 1. The fraction of sp³-hybridized carbons (Fsp3) is 0.556. The smallest absolute Gasteiger partial charge is 0.311 e. The Morgan fingerprint density at radius 2 is 2.40 bits per heavy atom. The Kier molecular flexibility index (Phi) is 7.07. The Bertz CT molecular complexity index is 304. The highest BCUT2D eigenvalue weighted by atomic mass is 35.5. The van der Waals surface area contributed by atoms with E-state index in [1.165, 1.54) is 11.3 Å². The fourth-order valence-electron chi connectivity index (χ4n) is 0.933. The minimum absolute atomic E-state index is 0. The van der Waals surface area contributed by atoms with Crippen molar-refractivity contribution in [3.63, 3.8) is 0 Å². The topological polar surface area (TPSA) is 65.2 Å². The quantitative estimate of drug-likeness (QED) is 0.642. The average molecular weight is 251 g/mol. The molecular formula is C9H15ClN2O2S. The summed E-state index contributed by atoms with van der Waals surface area (Å²) in [6.07, 6.45) is 2.15. The lowest BCUT2D eigenvalue weighted by atomic mass is 10.3. The van der Waals surface area contributed by atoms with Crippen molar-refractivity contribution in [1.29, 1.82) is 0 Å². The predicted molar refractivity (Wildman–Crippen MR) is 63.3 cm³/mol. The number of anilines is 1. The van der Waals surface area contributed by atoms with Crippen LogP contribution in [0.2, 0.25) is 0 Å². The van der Waals surface area contributed by atoms with Crippen molar-refractivity contribution in [2.24, 2.45) is 0 Å². The molecule has 0 aliphatic carbocycles. The van der Waals surface area contributed by atoms with Crippen LogP contribution in [0, 0.1) is 0 Å². The van der Waals surface area contributed by atoms with Gasteiger partial charge in [0.25, 0.3) is 0 Å². The third-order valence-electron chi connectivity index (χ3n) is 1.66. The zero-order valence-electron chi connectivity index (χ0n) is 8.56. The molecule has 0 spiro atoms. The normalized spacial score (nSPS) is 9.40. The summed E-state index contributed by atoms with van der Waals surface area (Å²) < 4.78 is 4.98. The van der Waals surface area contributed by atoms with Crippen molar-refractivity contribution in [3.05, 3.63) is 11.1 Å². The highest BCUT2D eigenvalue weighted by molar-refractivity contribution is 7.13. The molecule has 1 aromatic heterocycles. The van der Waals surface area contributed by atoms with E-state index in [9.17, 15) is 4.79 Å². The number of rotatable bonds is 5. The van der Waals surface area contributed by atoms with E-state index < -0.39 is 0 Å². The van der Waals surface area contributed by atoms with Crippen LogP contribution in [0.4, 0.5) is 5.13 Å². The summed E-state index contributed by atoms with van der Waals surface area (Å²) in [5.41, 5.74) is 6.12. The number of carbonyl (C=O) groups excluding carboxylic acids is 1. The Labute approximate surface area is 99.2 Å². The van der Waals surface area contributed by atoms with E-state index in [2.05, 4.69) is 11.9 Å². The molecule has 6 heteroatoms. The highest BCUT2D eigenvalue weighted by Gasteiger charge is 2.07. The van der Waals surface area contributed by atoms with E-state index in [4.69, 9.17) is 10.5 Å². The number of thiazole rings is 1. The minimum atomic E-state index is -0.233. The van der Waals surface area contributed by atoms with Gasteiger partial charge in [-0.05, 0) is 6.42 Å². The molecule has 4 nitrogen and oxygen atoms in total. The maximum Gasteiger partial charge on any atom is 0.311 e. The summed E-state index contributed by atoms with van der Waals surface area (Å²) >= 11 is 1.33. The number of hydrogen-bond donors (Lipinski definition) is 1. The number of halogens is 1. The van der Waals surface area contributed by atoms with Gasteiger partial charge < -0.3 is 10.5 Å². The number of hydrogen-bond acceptors (Lipinski definition) is 5. The molecule has 0 aliphatic heterocycles.